The number of nitrogens with one attached hydrogen (secondary N) is 1. The maximum atomic E-state index is 13.9. The van der Waals surface area contributed by atoms with Crippen LogP contribution in [0.5, 0.6) is 0 Å². The fourth-order valence-electron chi connectivity index (χ4n) is 2.66. The first-order chi connectivity index (χ1) is 8.91. The van der Waals surface area contributed by atoms with Crippen LogP contribution in [0.2, 0.25) is 0 Å². The summed E-state index contributed by atoms with van der Waals surface area (Å²) in [6.07, 6.45) is -0.00500. The number of piperidine rings is 1. The smallest absolute Gasteiger partial charge is 0.230 e. The van der Waals surface area contributed by atoms with E-state index in [1.165, 1.54) is 12.1 Å². The van der Waals surface area contributed by atoms with E-state index in [4.69, 9.17) is 0 Å². The Balaban J connectivity index is 2.47. The zero-order chi connectivity index (χ0) is 14.2. The highest BCUT2D eigenvalue weighted by Gasteiger charge is 2.39. The third kappa shape index (κ3) is 2.50. The number of amides is 2. The zero-order valence-electron chi connectivity index (χ0n) is 10.7. The van der Waals surface area contributed by atoms with Crippen LogP contribution in [-0.2, 0) is 9.59 Å². The van der Waals surface area contributed by atoms with Gasteiger partial charge in [-0.1, -0.05) is 26.0 Å². The normalized spacial score (nSPS) is 23.6. The maximum absolute atomic E-state index is 13.9. The molecular formula is C14H15F2NO2. The lowest BCUT2D eigenvalue weighted by Gasteiger charge is -2.33. The molecule has 1 aliphatic heterocycles. The Kier molecular flexibility index (Phi) is 3.64. The second-order valence-electron chi connectivity index (χ2n) is 5.14. The predicted molar refractivity (Wildman–Crippen MR) is 65.2 cm³/mol. The van der Waals surface area contributed by atoms with Gasteiger partial charge in [0, 0.05) is 18.3 Å². The number of imide groups is 1. The molecule has 3 nitrogen and oxygen atoms in total. The topological polar surface area (TPSA) is 46.2 Å². The summed E-state index contributed by atoms with van der Waals surface area (Å²) in [6.45, 7) is 3.65. The molecule has 1 N–H and O–H groups in total. The van der Waals surface area contributed by atoms with Crippen molar-refractivity contribution in [2.24, 2.45) is 11.8 Å². The first kappa shape index (κ1) is 13.6. The summed E-state index contributed by atoms with van der Waals surface area (Å²) in [5, 5.41) is 2.25. The largest absolute Gasteiger partial charge is 0.296 e. The molecule has 1 saturated heterocycles. The Morgan fingerprint density at radius 3 is 2.58 bits per heavy atom. The number of carbonyl (C=O) groups excluding carboxylic acids is 2. The molecule has 19 heavy (non-hydrogen) atoms. The van der Waals surface area contributed by atoms with E-state index in [0.717, 1.165) is 6.07 Å². The SMILES string of the molecule is CC(C)C1C(=O)NC(=O)CC1c1cccc(F)c1F. The molecule has 2 unspecified atom stereocenters. The first-order valence-electron chi connectivity index (χ1n) is 6.19. The molecule has 102 valence electrons. The molecule has 0 saturated carbocycles. The molecule has 0 bridgehead atoms. The minimum atomic E-state index is -0.972. The van der Waals surface area contributed by atoms with Crippen LogP contribution in [0, 0.1) is 23.5 Å². The van der Waals surface area contributed by atoms with Gasteiger partial charge in [0.05, 0.1) is 0 Å². The van der Waals surface area contributed by atoms with Gasteiger partial charge < -0.3 is 0 Å². The van der Waals surface area contributed by atoms with Gasteiger partial charge in [0.25, 0.3) is 0 Å². The number of benzene rings is 1. The third-order valence-electron chi connectivity index (χ3n) is 3.50. The average Bonchev–Trinajstić information content (AvgIpc) is 2.31. The molecule has 1 heterocycles. The summed E-state index contributed by atoms with van der Waals surface area (Å²) in [5.41, 5.74) is 0.0990. The van der Waals surface area contributed by atoms with E-state index in [9.17, 15) is 18.4 Å². The van der Waals surface area contributed by atoms with E-state index >= 15 is 0 Å². The molecule has 2 amide bonds. The highest BCUT2D eigenvalue weighted by Crippen LogP contribution is 2.37. The quantitative estimate of drug-likeness (QED) is 0.836. The fourth-order valence-corrected chi connectivity index (χ4v) is 2.66. The summed E-state index contributed by atoms with van der Waals surface area (Å²) >= 11 is 0. The minimum Gasteiger partial charge on any atom is -0.296 e. The van der Waals surface area contributed by atoms with Crippen molar-refractivity contribution in [3.8, 4) is 0 Å². The summed E-state index contributed by atoms with van der Waals surface area (Å²) in [5.74, 6) is -4.01. The van der Waals surface area contributed by atoms with Crippen molar-refractivity contribution in [2.45, 2.75) is 26.2 Å². The Bertz CT molecular complexity index is 528. The Morgan fingerprint density at radius 1 is 1.26 bits per heavy atom. The lowest BCUT2D eigenvalue weighted by atomic mass is 9.74. The van der Waals surface area contributed by atoms with Crippen molar-refractivity contribution in [3.63, 3.8) is 0 Å². The summed E-state index contributed by atoms with van der Waals surface area (Å²) in [6, 6.07) is 3.85. The highest BCUT2D eigenvalue weighted by atomic mass is 19.2. The minimum absolute atomic E-state index is 0.00500. The molecule has 0 spiro atoms. The van der Waals surface area contributed by atoms with Crippen molar-refractivity contribution in [1.29, 1.82) is 0 Å². The van der Waals surface area contributed by atoms with Crippen LogP contribution in [0.1, 0.15) is 31.7 Å². The van der Waals surface area contributed by atoms with Gasteiger partial charge in [-0.15, -0.1) is 0 Å². The second-order valence-corrected chi connectivity index (χ2v) is 5.14. The van der Waals surface area contributed by atoms with Crippen LogP contribution >= 0.6 is 0 Å². The molecular weight excluding hydrogens is 252 g/mol. The Morgan fingerprint density at radius 2 is 1.95 bits per heavy atom. The van der Waals surface area contributed by atoms with Gasteiger partial charge in [0.2, 0.25) is 11.8 Å². The third-order valence-corrected chi connectivity index (χ3v) is 3.50. The summed E-state index contributed by atoms with van der Waals surface area (Å²) < 4.78 is 27.2. The second kappa shape index (κ2) is 5.07. The van der Waals surface area contributed by atoms with Gasteiger partial charge in [-0.25, -0.2) is 8.78 Å². The van der Waals surface area contributed by atoms with Crippen LogP contribution in [0.3, 0.4) is 0 Å². The molecule has 5 heteroatoms. The van der Waals surface area contributed by atoms with Crippen LogP contribution in [-0.4, -0.2) is 11.8 Å². The number of hydrogen-bond acceptors (Lipinski definition) is 2. The highest BCUT2D eigenvalue weighted by molar-refractivity contribution is 6.00. The molecule has 2 atom stereocenters. The van der Waals surface area contributed by atoms with E-state index in [1.54, 1.807) is 0 Å². The van der Waals surface area contributed by atoms with Crippen molar-refractivity contribution < 1.29 is 18.4 Å². The number of hydrogen-bond donors (Lipinski definition) is 1. The van der Waals surface area contributed by atoms with E-state index in [0.29, 0.717) is 0 Å². The average molecular weight is 267 g/mol. The molecule has 1 aliphatic rings. The molecule has 2 rings (SSSR count). The van der Waals surface area contributed by atoms with E-state index in [2.05, 4.69) is 5.32 Å². The Hall–Kier alpha value is -1.78. The molecule has 0 radical (unpaired) electrons. The molecule has 0 aliphatic carbocycles. The van der Waals surface area contributed by atoms with E-state index in [1.807, 2.05) is 13.8 Å². The van der Waals surface area contributed by atoms with Gasteiger partial charge in [0.1, 0.15) is 0 Å². The standard InChI is InChI=1S/C14H15F2NO2/c1-7(2)12-9(6-11(18)17-14(12)19)8-4-3-5-10(15)13(8)16/h3-5,7,9,12H,6H2,1-2H3,(H,17,18,19). The number of carbonyl (C=O) groups is 2. The van der Waals surface area contributed by atoms with Crippen molar-refractivity contribution in [1.82, 2.24) is 5.32 Å². The van der Waals surface area contributed by atoms with Crippen molar-refractivity contribution in [3.05, 3.63) is 35.4 Å². The lowest BCUT2D eigenvalue weighted by molar-refractivity contribution is -0.138. The maximum Gasteiger partial charge on any atom is 0.230 e. The van der Waals surface area contributed by atoms with Crippen LogP contribution in [0.15, 0.2) is 18.2 Å². The first-order valence-corrected chi connectivity index (χ1v) is 6.19. The van der Waals surface area contributed by atoms with Crippen LogP contribution in [0.4, 0.5) is 8.78 Å². The van der Waals surface area contributed by atoms with Gasteiger partial charge in [-0.05, 0) is 17.5 Å². The molecule has 1 fully saturated rings. The monoisotopic (exact) mass is 267 g/mol. The van der Waals surface area contributed by atoms with Gasteiger partial charge in [0.15, 0.2) is 11.6 Å². The molecule has 1 aromatic rings. The molecule has 0 aromatic heterocycles. The van der Waals surface area contributed by atoms with Crippen molar-refractivity contribution >= 4 is 11.8 Å². The van der Waals surface area contributed by atoms with Crippen molar-refractivity contribution in [2.75, 3.05) is 0 Å². The van der Waals surface area contributed by atoms with Crippen LogP contribution in [0.25, 0.3) is 0 Å². The number of halogens is 2. The summed E-state index contributed by atoms with van der Waals surface area (Å²) in [7, 11) is 0. The van der Waals surface area contributed by atoms with E-state index in [-0.39, 0.29) is 17.9 Å². The lowest BCUT2D eigenvalue weighted by Crippen LogP contribution is -2.47. The zero-order valence-corrected chi connectivity index (χ0v) is 10.7. The summed E-state index contributed by atoms with van der Waals surface area (Å²) in [4.78, 5) is 23.4. The van der Waals surface area contributed by atoms with Gasteiger partial charge >= 0.3 is 0 Å². The van der Waals surface area contributed by atoms with Crippen LogP contribution < -0.4 is 5.32 Å². The van der Waals surface area contributed by atoms with Gasteiger partial charge in [-0.3, -0.25) is 14.9 Å². The van der Waals surface area contributed by atoms with E-state index < -0.39 is 35.3 Å². The molecule has 1 aromatic carbocycles. The fraction of sp³-hybridized carbons (Fsp3) is 0.429. The van der Waals surface area contributed by atoms with Gasteiger partial charge in [-0.2, -0.15) is 0 Å². The predicted octanol–water partition coefficient (Wildman–Crippen LogP) is 2.37. The Labute approximate surface area is 110 Å². The number of rotatable bonds is 2.